The number of carbonyl (C=O) groups is 3. The van der Waals surface area contributed by atoms with Crippen LogP contribution in [0.3, 0.4) is 0 Å². The van der Waals surface area contributed by atoms with Gasteiger partial charge in [-0.3, -0.25) is 9.59 Å². The van der Waals surface area contributed by atoms with Crippen molar-refractivity contribution < 1.29 is 23.5 Å². The highest BCUT2D eigenvalue weighted by Gasteiger charge is 2.12. The molecule has 7 heteroatoms. The Hall–Kier alpha value is -3.87. The van der Waals surface area contributed by atoms with Crippen molar-refractivity contribution >= 4 is 29.2 Å². The van der Waals surface area contributed by atoms with Crippen LogP contribution in [0.1, 0.15) is 44.6 Å². The van der Waals surface area contributed by atoms with Crippen LogP contribution in [-0.4, -0.2) is 24.4 Å². The van der Waals surface area contributed by atoms with Crippen LogP contribution in [0.15, 0.2) is 71.3 Å². The van der Waals surface area contributed by atoms with Crippen LogP contribution in [0.25, 0.3) is 0 Å². The molecule has 3 aromatic rings. The third kappa shape index (κ3) is 5.32. The zero-order valence-corrected chi connectivity index (χ0v) is 15.8. The van der Waals surface area contributed by atoms with Crippen LogP contribution in [-0.2, 0) is 4.74 Å². The maximum Gasteiger partial charge on any atom is 0.338 e. The minimum atomic E-state index is -0.405. The molecule has 1 heterocycles. The summed E-state index contributed by atoms with van der Waals surface area (Å²) in [5, 5.41) is 5.43. The SMILES string of the molecule is CCCOC(=O)c1ccc(NC(=O)c2cccc(NC(=O)c3ccco3)c2)cc1. The average Bonchev–Trinajstić information content (AvgIpc) is 3.28. The minimum Gasteiger partial charge on any atom is -0.462 e. The lowest BCUT2D eigenvalue weighted by Gasteiger charge is -2.09. The van der Waals surface area contributed by atoms with Crippen LogP contribution in [0.5, 0.6) is 0 Å². The number of amides is 2. The molecule has 0 unspecified atom stereocenters. The molecule has 0 saturated carbocycles. The highest BCUT2D eigenvalue weighted by Crippen LogP contribution is 2.16. The summed E-state index contributed by atoms with van der Waals surface area (Å²) >= 11 is 0. The molecule has 0 aliphatic rings. The van der Waals surface area contributed by atoms with E-state index in [1.54, 1.807) is 60.7 Å². The van der Waals surface area contributed by atoms with Gasteiger partial charge in [-0.1, -0.05) is 13.0 Å². The van der Waals surface area contributed by atoms with E-state index < -0.39 is 11.9 Å². The molecule has 0 spiro atoms. The van der Waals surface area contributed by atoms with Crippen LogP contribution >= 0.6 is 0 Å². The molecule has 2 N–H and O–H groups in total. The highest BCUT2D eigenvalue weighted by molar-refractivity contribution is 6.06. The van der Waals surface area contributed by atoms with Gasteiger partial charge < -0.3 is 19.8 Å². The Morgan fingerprint density at radius 1 is 0.862 bits per heavy atom. The molecule has 2 amide bonds. The second kappa shape index (κ2) is 9.36. The van der Waals surface area contributed by atoms with Gasteiger partial charge in [-0.2, -0.15) is 0 Å². The number of carbonyl (C=O) groups excluding carboxylic acids is 3. The van der Waals surface area contributed by atoms with Gasteiger partial charge in [-0.25, -0.2) is 4.79 Å². The topological polar surface area (TPSA) is 97.6 Å². The van der Waals surface area contributed by atoms with Crippen LogP contribution < -0.4 is 10.6 Å². The third-order valence-electron chi connectivity index (χ3n) is 3.94. The molecule has 0 aliphatic carbocycles. The van der Waals surface area contributed by atoms with Crippen molar-refractivity contribution in [3.8, 4) is 0 Å². The van der Waals surface area contributed by atoms with Crippen LogP contribution in [0.2, 0.25) is 0 Å². The van der Waals surface area contributed by atoms with Gasteiger partial charge in [-0.15, -0.1) is 0 Å². The van der Waals surface area contributed by atoms with E-state index in [1.165, 1.54) is 6.26 Å². The molecule has 3 rings (SSSR count). The lowest BCUT2D eigenvalue weighted by Crippen LogP contribution is -2.14. The van der Waals surface area contributed by atoms with Crippen molar-refractivity contribution in [2.45, 2.75) is 13.3 Å². The minimum absolute atomic E-state index is 0.178. The number of furan rings is 1. The van der Waals surface area contributed by atoms with Crippen molar-refractivity contribution in [3.05, 3.63) is 83.8 Å². The first kappa shape index (κ1) is 19.9. The van der Waals surface area contributed by atoms with E-state index >= 15 is 0 Å². The summed E-state index contributed by atoms with van der Waals surface area (Å²) in [7, 11) is 0. The number of hydrogen-bond acceptors (Lipinski definition) is 5. The predicted octanol–water partition coefficient (Wildman–Crippen LogP) is 4.35. The molecule has 0 atom stereocenters. The van der Waals surface area contributed by atoms with Crippen molar-refractivity contribution in [1.29, 1.82) is 0 Å². The molecular formula is C22H20N2O5. The lowest BCUT2D eigenvalue weighted by atomic mass is 10.1. The Morgan fingerprint density at radius 3 is 2.31 bits per heavy atom. The summed E-state index contributed by atoms with van der Waals surface area (Å²) in [4.78, 5) is 36.4. The van der Waals surface area contributed by atoms with Gasteiger partial charge in [0, 0.05) is 16.9 Å². The fourth-order valence-electron chi connectivity index (χ4n) is 2.51. The largest absolute Gasteiger partial charge is 0.462 e. The predicted molar refractivity (Wildman–Crippen MR) is 108 cm³/mol. The molecular weight excluding hydrogens is 372 g/mol. The number of nitrogens with one attached hydrogen (secondary N) is 2. The van der Waals surface area contributed by atoms with Crippen LogP contribution in [0.4, 0.5) is 11.4 Å². The second-order valence-corrected chi connectivity index (χ2v) is 6.18. The monoisotopic (exact) mass is 392 g/mol. The Kier molecular flexibility index (Phi) is 6.42. The normalized spacial score (nSPS) is 10.2. The molecule has 0 aliphatic heterocycles. The molecule has 2 aromatic carbocycles. The standard InChI is InChI=1S/C22H20N2O5/c1-2-12-29-22(27)15-8-10-17(11-9-15)23-20(25)16-5-3-6-18(14-16)24-21(26)19-7-4-13-28-19/h3-11,13-14H,2,12H2,1H3,(H,23,25)(H,24,26). The van der Waals surface area contributed by atoms with Crippen molar-refractivity contribution in [1.82, 2.24) is 0 Å². The van der Waals surface area contributed by atoms with E-state index in [1.807, 2.05) is 6.92 Å². The number of benzene rings is 2. The zero-order chi connectivity index (χ0) is 20.6. The fourth-order valence-corrected chi connectivity index (χ4v) is 2.51. The van der Waals surface area contributed by atoms with Gasteiger partial charge in [-0.05, 0) is 61.0 Å². The number of ether oxygens (including phenoxy) is 1. The average molecular weight is 392 g/mol. The van der Waals surface area contributed by atoms with Gasteiger partial charge in [0.15, 0.2) is 5.76 Å². The Morgan fingerprint density at radius 2 is 1.62 bits per heavy atom. The van der Waals surface area contributed by atoms with E-state index in [2.05, 4.69) is 10.6 Å². The van der Waals surface area contributed by atoms with E-state index in [-0.39, 0.29) is 11.7 Å². The Labute approximate surface area is 167 Å². The van der Waals surface area contributed by atoms with Crippen molar-refractivity contribution in [3.63, 3.8) is 0 Å². The first-order valence-corrected chi connectivity index (χ1v) is 9.10. The molecule has 1 aromatic heterocycles. The lowest BCUT2D eigenvalue weighted by molar-refractivity contribution is 0.0505. The van der Waals surface area contributed by atoms with E-state index in [0.29, 0.717) is 29.1 Å². The Balaban J connectivity index is 1.63. The molecule has 29 heavy (non-hydrogen) atoms. The summed E-state index contributed by atoms with van der Waals surface area (Å²) in [6.07, 6.45) is 2.16. The van der Waals surface area contributed by atoms with Gasteiger partial charge in [0.25, 0.3) is 11.8 Å². The van der Waals surface area contributed by atoms with Gasteiger partial charge in [0.2, 0.25) is 0 Å². The zero-order valence-electron chi connectivity index (χ0n) is 15.8. The van der Waals surface area contributed by atoms with E-state index in [9.17, 15) is 14.4 Å². The summed E-state index contributed by atoms with van der Waals surface area (Å²) < 4.78 is 10.1. The summed E-state index contributed by atoms with van der Waals surface area (Å²) in [5.74, 6) is -0.972. The number of rotatable bonds is 7. The van der Waals surface area contributed by atoms with Gasteiger partial charge >= 0.3 is 5.97 Å². The van der Waals surface area contributed by atoms with Gasteiger partial charge in [0.1, 0.15) is 0 Å². The third-order valence-corrected chi connectivity index (χ3v) is 3.94. The summed E-state index contributed by atoms with van der Waals surface area (Å²) in [6.45, 7) is 2.29. The van der Waals surface area contributed by atoms with Crippen LogP contribution in [0, 0.1) is 0 Å². The number of anilines is 2. The first-order valence-electron chi connectivity index (χ1n) is 9.10. The van der Waals surface area contributed by atoms with Crippen molar-refractivity contribution in [2.24, 2.45) is 0 Å². The fraction of sp³-hybridized carbons (Fsp3) is 0.136. The smallest absolute Gasteiger partial charge is 0.338 e. The molecule has 0 fully saturated rings. The summed E-state index contributed by atoms with van der Waals surface area (Å²) in [5.41, 5.74) is 1.79. The highest BCUT2D eigenvalue weighted by atomic mass is 16.5. The molecule has 0 saturated heterocycles. The quantitative estimate of drug-likeness (QED) is 0.583. The molecule has 0 radical (unpaired) electrons. The molecule has 0 bridgehead atoms. The van der Waals surface area contributed by atoms with Gasteiger partial charge in [0.05, 0.1) is 18.4 Å². The summed E-state index contributed by atoms with van der Waals surface area (Å²) in [6, 6.07) is 16.1. The second-order valence-electron chi connectivity index (χ2n) is 6.18. The maximum absolute atomic E-state index is 12.5. The van der Waals surface area contributed by atoms with E-state index in [4.69, 9.17) is 9.15 Å². The molecule has 7 nitrogen and oxygen atoms in total. The van der Waals surface area contributed by atoms with E-state index in [0.717, 1.165) is 6.42 Å². The number of esters is 1. The Bertz CT molecular complexity index is 994. The molecule has 148 valence electrons. The first-order chi connectivity index (χ1) is 14.1. The van der Waals surface area contributed by atoms with Crippen molar-refractivity contribution in [2.75, 3.05) is 17.2 Å². The maximum atomic E-state index is 12.5. The number of hydrogen-bond donors (Lipinski definition) is 2.